The molecule has 2 atom stereocenters. The van der Waals surface area contributed by atoms with Crippen molar-refractivity contribution in [1.29, 1.82) is 0 Å². The molecule has 0 saturated heterocycles. The van der Waals surface area contributed by atoms with Gasteiger partial charge in [0.25, 0.3) is 5.91 Å². The van der Waals surface area contributed by atoms with Gasteiger partial charge in [-0.1, -0.05) is 42.8 Å². The maximum absolute atomic E-state index is 13.0. The standard InChI is InChI=1S/C23H29ClN2O3/c1-5-17(3)25-23(28)18(4)26(14-19-9-7-10-20(24)13-19)22(27)15-29-21-11-6-8-16(2)12-21/h6-13,17-18H,5,14-15H2,1-4H3,(H,25,28). The number of hydrogen-bond acceptors (Lipinski definition) is 3. The van der Waals surface area contributed by atoms with Crippen molar-refractivity contribution in [1.82, 2.24) is 10.2 Å². The second-order valence-corrected chi connectivity index (χ2v) is 7.69. The van der Waals surface area contributed by atoms with E-state index >= 15 is 0 Å². The van der Waals surface area contributed by atoms with Crippen molar-refractivity contribution in [3.05, 3.63) is 64.7 Å². The monoisotopic (exact) mass is 416 g/mol. The summed E-state index contributed by atoms with van der Waals surface area (Å²) in [6.07, 6.45) is 0.817. The number of carbonyl (C=O) groups is 2. The highest BCUT2D eigenvalue weighted by Gasteiger charge is 2.27. The topological polar surface area (TPSA) is 58.6 Å². The molecule has 2 rings (SSSR count). The van der Waals surface area contributed by atoms with Crippen LogP contribution in [0.5, 0.6) is 5.75 Å². The zero-order valence-corrected chi connectivity index (χ0v) is 18.2. The normalized spacial score (nSPS) is 12.7. The third-order valence-corrected chi connectivity index (χ3v) is 5.00. The van der Waals surface area contributed by atoms with E-state index in [1.165, 1.54) is 4.90 Å². The van der Waals surface area contributed by atoms with Gasteiger partial charge in [0.15, 0.2) is 6.61 Å². The van der Waals surface area contributed by atoms with Gasteiger partial charge in [-0.2, -0.15) is 0 Å². The van der Waals surface area contributed by atoms with Crippen LogP contribution in [0.25, 0.3) is 0 Å². The van der Waals surface area contributed by atoms with Gasteiger partial charge in [-0.25, -0.2) is 0 Å². The molecular weight excluding hydrogens is 388 g/mol. The maximum Gasteiger partial charge on any atom is 0.261 e. The molecular formula is C23H29ClN2O3. The zero-order valence-electron chi connectivity index (χ0n) is 17.4. The van der Waals surface area contributed by atoms with E-state index in [2.05, 4.69) is 5.32 Å². The van der Waals surface area contributed by atoms with Crippen LogP contribution < -0.4 is 10.1 Å². The Morgan fingerprint density at radius 2 is 1.86 bits per heavy atom. The van der Waals surface area contributed by atoms with Gasteiger partial charge in [0.2, 0.25) is 5.91 Å². The van der Waals surface area contributed by atoms with Crippen LogP contribution in [0, 0.1) is 6.92 Å². The summed E-state index contributed by atoms with van der Waals surface area (Å²) in [5, 5.41) is 3.53. The first-order chi connectivity index (χ1) is 13.8. The van der Waals surface area contributed by atoms with Crippen LogP contribution in [-0.4, -0.2) is 35.4 Å². The Hall–Kier alpha value is -2.53. The number of hydrogen-bond donors (Lipinski definition) is 1. The Morgan fingerprint density at radius 3 is 2.52 bits per heavy atom. The fourth-order valence-electron chi connectivity index (χ4n) is 2.81. The Balaban J connectivity index is 2.15. The van der Waals surface area contributed by atoms with Gasteiger partial charge >= 0.3 is 0 Å². The Bertz CT molecular complexity index is 840. The summed E-state index contributed by atoms with van der Waals surface area (Å²) >= 11 is 6.09. The molecule has 2 aromatic carbocycles. The number of carbonyl (C=O) groups excluding carboxylic acids is 2. The lowest BCUT2D eigenvalue weighted by Crippen LogP contribution is -2.50. The van der Waals surface area contributed by atoms with E-state index in [4.69, 9.17) is 16.3 Å². The predicted molar refractivity (Wildman–Crippen MR) is 116 cm³/mol. The van der Waals surface area contributed by atoms with Crippen LogP contribution in [-0.2, 0) is 16.1 Å². The molecule has 0 saturated carbocycles. The molecule has 2 aromatic rings. The highest BCUT2D eigenvalue weighted by Crippen LogP contribution is 2.16. The van der Waals surface area contributed by atoms with Gasteiger partial charge in [-0.3, -0.25) is 9.59 Å². The average Bonchev–Trinajstić information content (AvgIpc) is 2.69. The van der Waals surface area contributed by atoms with Gasteiger partial charge in [-0.05, 0) is 62.6 Å². The highest BCUT2D eigenvalue weighted by atomic mass is 35.5. The number of nitrogens with zero attached hydrogens (tertiary/aromatic N) is 1. The molecule has 0 aliphatic heterocycles. The van der Waals surface area contributed by atoms with Crippen molar-refractivity contribution in [3.8, 4) is 5.75 Å². The lowest BCUT2D eigenvalue weighted by molar-refractivity contribution is -0.142. The van der Waals surface area contributed by atoms with Crippen molar-refractivity contribution >= 4 is 23.4 Å². The molecule has 0 aromatic heterocycles. The molecule has 1 N–H and O–H groups in total. The lowest BCUT2D eigenvalue weighted by Gasteiger charge is -2.29. The van der Waals surface area contributed by atoms with Crippen molar-refractivity contribution < 1.29 is 14.3 Å². The summed E-state index contributed by atoms with van der Waals surface area (Å²) in [5.74, 6) is 0.168. The van der Waals surface area contributed by atoms with Gasteiger partial charge in [0.1, 0.15) is 11.8 Å². The minimum absolute atomic E-state index is 0.0385. The predicted octanol–water partition coefficient (Wildman–Crippen LogP) is 4.36. The molecule has 0 aliphatic rings. The summed E-state index contributed by atoms with van der Waals surface area (Å²) < 4.78 is 5.67. The second-order valence-electron chi connectivity index (χ2n) is 7.25. The van der Waals surface area contributed by atoms with E-state index in [9.17, 15) is 9.59 Å². The van der Waals surface area contributed by atoms with Gasteiger partial charge < -0.3 is 15.0 Å². The van der Waals surface area contributed by atoms with Crippen molar-refractivity contribution in [2.45, 2.75) is 52.7 Å². The van der Waals surface area contributed by atoms with Gasteiger partial charge in [0, 0.05) is 17.6 Å². The minimum Gasteiger partial charge on any atom is -0.484 e. The highest BCUT2D eigenvalue weighted by molar-refractivity contribution is 6.30. The number of ether oxygens (including phenoxy) is 1. The van der Waals surface area contributed by atoms with E-state index in [-0.39, 0.29) is 31.0 Å². The fourth-order valence-corrected chi connectivity index (χ4v) is 3.03. The Morgan fingerprint density at radius 1 is 1.14 bits per heavy atom. The first kappa shape index (κ1) is 22.8. The molecule has 156 valence electrons. The number of halogens is 1. The number of amides is 2. The number of nitrogens with one attached hydrogen (secondary N) is 1. The first-order valence-electron chi connectivity index (χ1n) is 9.84. The number of rotatable bonds is 9. The van der Waals surface area contributed by atoms with Crippen molar-refractivity contribution in [2.75, 3.05) is 6.61 Å². The fraction of sp³-hybridized carbons (Fsp3) is 0.391. The van der Waals surface area contributed by atoms with Crippen LogP contribution in [0.3, 0.4) is 0 Å². The molecule has 0 spiro atoms. The van der Waals surface area contributed by atoms with Crippen LogP contribution in [0.2, 0.25) is 5.02 Å². The SMILES string of the molecule is CCC(C)NC(=O)C(C)N(Cc1cccc(Cl)c1)C(=O)COc1cccc(C)c1. The molecule has 0 bridgehead atoms. The summed E-state index contributed by atoms with van der Waals surface area (Å²) in [4.78, 5) is 27.2. The van der Waals surface area contributed by atoms with Crippen molar-refractivity contribution in [3.63, 3.8) is 0 Å². The smallest absolute Gasteiger partial charge is 0.261 e. The maximum atomic E-state index is 13.0. The lowest BCUT2D eigenvalue weighted by atomic mass is 10.1. The molecule has 2 unspecified atom stereocenters. The van der Waals surface area contributed by atoms with Crippen LogP contribution in [0.1, 0.15) is 38.3 Å². The van der Waals surface area contributed by atoms with E-state index in [0.29, 0.717) is 10.8 Å². The molecule has 2 amide bonds. The third kappa shape index (κ3) is 7.09. The molecule has 0 heterocycles. The van der Waals surface area contributed by atoms with Crippen LogP contribution in [0.4, 0.5) is 0 Å². The zero-order chi connectivity index (χ0) is 21.4. The molecule has 6 heteroatoms. The van der Waals surface area contributed by atoms with Gasteiger partial charge in [0.05, 0.1) is 0 Å². The Kier molecular flexibility index (Phi) is 8.52. The first-order valence-corrected chi connectivity index (χ1v) is 10.2. The molecule has 0 radical (unpaired) electrons. The summed E-state index contributed by atoms with van der Waals surface area (Å²) in [5.41, 5.74) is 1.90. The largest absolute Gasteiger partial charge is 0.484 e. The minimum atomic E-state index is -0.642. The van der Waals surface area contributed by atoms with Crippen molar-refractivity contribution in [2.24, 2.45) is 0 Å². The summed E-state index contributed by atoms with van der Waals surface area (Å²) in [7, 11) is 0. The summed E-state index contributed by atoms with van der Waals surface area (Å²) in [6.45, 7) is 7.75. The molecule has 5 nitrogen and oxygen atoms in total. The third-order valence-electron chi connectivity index (χ3n) is 4.76. The van der Waals surface area contributed by atoms with E-state index < -0.39 is 6.04 Å². The second kappa shape index (κ2) is 10.9. The van der Waals surface area contributed by atoms with E-state index in [1.54, 1.807) is 25.1 Å². The average molecular weight is 417 g/mol. The van der Waals surface area contributed by atoms with Crippen LogP contribution in [0.15, 0.2) is 48.5 Å². The van der Waals surface area contributed by atoms with Gasteiger partial charge in [-0.15, -0.1) is 0 Å². The number of aryl methyl sites for hydroxylation is 1. The van der Waals surface area contributed by atoms with E-state index in [0.717, 1.165) is 17.5 Å². The van der Waals surface area contributed by atoms with E-state index in [1.807, 2.05) is 51.1 Å². The number of benzene rings is 2. The molecule has 29 heavy (non-hydrogen) atoms. The quantitative estimate of drug-likeness (QED) is 0.660. The van der Waals surface area contributed by atoms with Crippen LogP contribution >= 0.6 is 11.6 Å². The summed E-state index contributed by atoms with van der Waals surface area (Å²) in [6, 6.07) is 14.2. The molecule has 0 fully saturated rings. The molecule has 0 aliphatic carbocycles. The Labute approximate surface area is 178 Å².